The highest BCUT2D eigenvalue weighted by molar-refractivity contribution is 8.26. The van der Waals surface area contributed by atoms with Crippen molar-refractivity contribution >= 4 is 57.0 Å². The van der Waals surface area contributed by atoms with Gasteiger partial charge in [0.25, 0.3) is 5.91 Å². The molecule has 134 valence electrons. The van der Waals surface area contributed by atoms with Crippen molar-refractivity contribution in [1.82, 2.24) is 4.90 Å². The Morgan fingerprint density at radius 1 is 1.23 bits per heavy atom. The number of hydrogen-bond acceptors (Lipinski definition) is 5. The summed E-state index contributed by atoms with van der Waals surface area (Å²) in [6, 6.07) is 12.7. The third kappa shape index (κ3) is 3.66. The Labute approximate surface area is 161 Å². The van der Waals surface area contributed by atoms with E-state index in [1.807, 2.05) is 56.3 Å². The van der Waals surface area contributed by atoms with Crippen LogP contribution in [-0.4, -0.2) is 27.1 Å². The topological polar surface area (TPSA) is 60.4 Å². The molecule has 1 aliphatic heterocycles. The minimum absolute atomic E-state index is 0.101. The van der Waals surface area contributed by atoms with Gasteiger partial charge in [0, 0.05) is 0 Å². The van der Waals surface area contributed by atoms with Crippen LogP contribution in [0.5, 0.6) is 0 Å². The summed E-state index contributed by atoms with van der Waals surface area (Å²) in [5.74, 6) is -1.55. The van der Waals surface area contributed by atoms with E-state index in [0.29, 0.717) is 11.3 Å². The molecule has 1 heterocycles. The molecule has 1 fully saturated rings. The fraction of sp³-hybridized carbons (Fsp3) is 0.250. The van der Waals surface area contributed by atoms with Crippen molar-refractivity contribution in [2.75, 3.05) is 0 Å². The first-order valence-electron chi connectivity index (χ1n) is 8.34. The normalized spacial score (nSPS) is 17.5. The van der Waals surface area contributed by atoms with E-state index in [-0.39, 0.29) is 16.1 Å². The van der Waals surface area contributed by atoms with E-state index in [2.05, 4.69) is 0 Å². The first-order chi connectivity index (χ1) is 12.4. The lowest BCUT2D eigenvalue weighted by Crippen LogP contribution is -2.50. The largest absolute Gasteiger partial charge is 0.548 e. The Morgan fingerprint density at radius 2 is 1.92 bits per heavy atom. The second kappa shape index (κ2) is 7.60. The van der Waals surface area contributed by atoms with E-state index in [1.165, 1.54) is 4.90 Å². The standard InChI is InChI=1S/C20H19NO3S2/c1-12(2)10-16(19(23)24)21-18(22)17(26-20(21)25)11-14-8-5-7-13-6-3-4-9-15(13)14/h3-9,11-12,16H,10H2,1-2H3,(H,23,24)/p-1/b17-11-/t16-/m1/s1. The van der Waals surface area contributed by atoms with Crippen molar-refractivity contribution in [2.24, 2.45) is 5.92 Å². The van der Waals surface area contributed by atoms with Crippen LogP contribution >= 0.6 is 24.0 Å². The van der Waals surface area contributed by atoms with E-state index in [0.717, 1.165) is 28.1 Å². The molecule has 1 saturated heterocycles. The lowest BCUT2D eigenvalue weighted by molar-refractivity contribution is -0.310. The van der Waals surface area contributed by atoms with Gasteiger partial charge in [0.1, 0.15) is 4.32 Å². The summed E-state index contributed by atoms with van der Waals surface area (Å²) in [4.78, 5) is 26.0. The summed E-state index contributed by atoms with van der Waals surface area (Å²) in [6.45, 7) is 3.80. The highest BCUT2D eigenvalue weighted by atomic mass is 32.2. The molecule has 0 unspecified atom stereocenters. The van der Waals surface area contributed by atoms with E-state index in [1.54, 1.807) is 6.08 Å². The summed E-state index contributed by atoms with van der Waals surface area (Å²) >= 11 is 6.43. The molecule has 2 aromatic rings. The molecule has 0 spiro atoms. The molecule has 4 nitrogen and oxygen atoms in total. The average molecular weight is 385 g/mol. The lowest BCUT2D eigenvalue weighted by Gasteiger charge is -2.28. The van der Waals surface area contributed by atoms with Crippen LogP contribution in [0.2, 0.25) is 0 Å². The zero-order chi connectivity index (χ0) is 18.8. The molecule has 0 saturated carbocycles. The van der Waals surface area contributed by atoms with Crippen LogP contribution in [-0.2, 0) is 9.59 Å². The molecule has 0 bridgehead atoms. The maximum absolute atomic E-state index is 12.8. The van der Waals surface area contributed by atoms with Crippen LogP contribution in [0, 0.1) is 5.92 Å². The van der Waals surface area contributed by atoms with E-state index in [4.69, 9.17) is 12.2 Å². The van der Waals surface area contributed by atoms with Crippen LogP contribution in [0.15, 0.2) is 47.4 Å². The fourth-order valence-corrected chi connectivity index (χ4v) is 4.37. The van der Waals surface area contributed by atoms with Gasteiger partial charge in [0.2, 0.25) is 0 Å². The monoisotopic (exact) mass is 384 g/mol. The molecule has 2 aromatic carbocycles. The minimum atomic E-state index is -1.28. The van der Waals surface area contributed by atoms with Crippen molar-refractivity contribution in [3.63, 3.8) is 0 Å². The Balaban J connectivity index is 1.97. The quantitative estimate of drug-likeness (QED) is 0.585. The van der Waals surface area contributed by atoms with Gasteiger partial charge in [-0.3, -0.25) is 9.69 Å². The van der Waals surface area contributed by atoms with Gasteiger partial charge in [-0.1, -0.05) is 80.3 Å². The van der Waals surface area contributed by atoms with E-state index >= 15 is 0 Å². The van der Waals surface area contributed by atoms with Crippen molar-refractivity contribution < 1.29 is 14.7 Å². The van der Waals surface area contributed by atoms with Crippen molar-refractivity contribution in [2.45, 2.75) is 26.3 Å². The first kappa shape index (κ1) is 18.6. The molecule has 0 N–H and O–H groups in total. The van der Waals surface area contributed by atoms with Gasteiger partial charge < -0.3 is 9.90 Å². The number of carbonyl (C=O) groups is 2. The van der Waals surface area contributed by atoms with Gasteiger partial charge in [-0.05, 0) is 34.8 Å². The Bertz CT molecular complexity index is 915. The maximum Gasteiger partial charge on any atom is 0.266 e. The Morgan fingerprint density at radius 3 is 2.62 bits per heavy atom. The third-order valence-electron chi connectivity index (χ3n) is 4.21. The number of carbonyl (C=O) groups excluding carboxylic acids is 2. The highest BCUT2D eigenvalue weighted by Gasteiger charge is 2.38. The molecular weight excluding hydrogens is 366 g/mol. The van der Waals surface area contributed by atoms with Gasteiger partial charge in [0.05, 0.1) is 16.9 Å². The van der Waals surface area contributed by atoms with Gasteiger partial charge in [-0.25, -0.2) is 0 Å². The van der Waals surface area contributed by atoms with E-state index < -0.39 is 12.0 Å². The number of rotatable bonds is 5. The number of thioether (sulfide) groups is 1. The van der Waals surface area contributed by atoms with Crippen LogP contribution in [0.3, 0.4) is 0 Å². The molecule has 26 heavy (non-hydrogen) atoms. The molecule has 1 amide bonds. The summed E-state index contributed by atoms with van der Waals surface area (Å²) in [6.07, 6.45) is 2.08. The number of aliphatic carboxylic acids is 1. The highest BCUT2D eigenvalue weighted by Crippen LogP contribution is 2.36. The zero-order valence-corrected chi connectivity index (χ0v) is 16.1. The predicted molar refractivity (Wildman–Crippen MR) is 107 cm³/mol. The minimum Gasteiger partial charge on any atom is -0.548 e. The second-order valence-corrected chi connectivity index (χ2v) is 8.26. The molecule has 0 radical (unpaired) electrons. The molecule has 0 aliphatic carbocycles. The third-order valence-corrected chi connectivity index (χ3v) is 5.54. The van der Waals surface area contributed by atoms with Gasteiger partial charge in [-0.15, -0.1) is 0 Å². The number of amides is 1. The fourth-order valence-electron chi connectivity index (χ4n) is 3.02. The lowest BCUT2D eigenvalue weighted by atomic mass is 10.0. The molecule has 0 aromatic heterocycles. The number of thiocarbonyl (C=S) groups is 1. The Kier molecular flexibility index (Phi) is 5.44. The molecular formula is C20H18NO3S2-. The Hall–Kier alpha value is -2.18. The predicted octanol–water partition coefficient (Wildman–Crippen LogP) is 3.21. The smallest absolute Gasteiger partial charge is 0.266 e. The van der Waals surface area contributed by atoms with Crippen LogP contribution in [0.1, 0.15) is 25.8 Å². The second-order valence-electron chi connectivity index (χ2n) is 6.58. The van der Waals surface area contributed by atoms with Gasteiger partial charge in [-0.2, -0.15) is 0 Å². The molecule has 3 rings (SSSR count). The maximum atomic E-state index is 12.8. The summed E-state index contributed by atoms with van der Waals surface area (Å²) in [5.41, 5.74) is 0.900. The van der Waals surface area contributed by atoms with Crippen LogP contribution in [0.25, 0.3) is 16.8 Å². The number of nitrogens with zero attached hydrogens (tertiary/aromatic N) is 1. The summed E-state index contributed by atoms with van der Waals surface area (Å²) < 4.78 is 0.260. The SMILES string of the molecule is CC(C)C[C@H](C(=O)[O-])N1C(=O)/C(=C/c2cccc3ccccc23)SC1=S. The zero-order valence-electron chi connectivity index (χ0n) is 14.5. The van der Waals surface area contributed by atoms with Gasteiger partial charge >= 0.3 is 0 Å². The summed E-state index contributed by atoms with van der Waals surface area (Å²) in [7, 11) is 0. The van der Waals surface area contributed by atoms with E-state index in [9.17, 15) is 14.7 Å². The first-order valence-corrected chi connectivity index (χ1v) is 9.56. The number of carboxylic acids is 1. The molecule has 6 heteroatoms. The number of benzene rings is 2. The molecule has 1 atom stereocenters. The van der Waals surface area contributed by atoms with Crippen LogP contribution < -0.4 is 5.11 Å². The van der Waals surface area contributed by atoms with Crippen molar-refractivity contribution in [3.05, 3.63) is 52.9 Å². The summed E-state index contributed by atoms with van der Waals surface area (Å²) in [5, 5.41) is 13.7. The van der Waals surface area contributed by atoms with Crippen LogP contribution in [0.4, 0.5) is 0 Å². The van der Waals surface area contributed by atoms with Gasteiger partial charge in [0.15, 0.2) is 0 Å². The van der Waals surface area contributed by atoms with Crippen molar-refractivity contribution in [1.29, 1.82) is 0 Å². The number of hydrogen-bond donors (Lipinski definition) is 0. The number of carboxylic acid groups (broad SMARTS) is 1. The number of fused-ring (bicyclic) bond motifs is 1. The average Bonchev–Trinajstić information content (AvgIpc) is 2.86. The van der Waals surface area contributed by atoms with Crippen molar-refractivity contribution in [3.8, 4) is 0 Å². The molecule has 1 aliphatic rings.